The van der Waals surface area contributed by atoms with Crippen molar-refractivity contribution in [1.29, 1.82) is 0 Å². The van der Waals surface area contributed by atoms with Gasteiger partial charge in [0, 0.05) is 11.9 Å². The molecule has 0 aliphatic rings. The lowest BCUT2D eigenvalue weighted by molar-refractivity contribution is -0.115. The van der Waals surface area contributed by atoms with Crippen LogP contribution in [0.2, 0.25) is 0 Å². The van der Waals surface area contributed by atoms with E-state index in [4.69, 9.17) is 0 Å². The molecule has 0 aromatic carbocycles. The first-order chi connectivity index (χ1) is 9.88. The molecule has 7 nitrogen and oxygen atoms in total. The SMILES string of the molecule is Cc1cc(C(=O)NCC(=O)Nc2c(C)nsc2C)n(C)n1. The number of hydrogen-bond donors (Lipinski definition) is 2. The van der Waals surface area contributed by atoms with Crippen molar-refractivity contribution in [2.75, 3.05) is 11.9 Å². The maximum absolute atomic E-state index is 12.0. The fraction of sp³-hybridized carbons (Fsp3) is 0.385. The highest BCUT2D eigenvalue weighted by Gasteiger charge is 2.14. The first kappa shape index (κ1) is 15.2. The zero-order valence-corrected chi connectivity index (χ0v) is 13.2. The van der Waals surface area contributed by atoms with Gasteiger partial charge in [0.1, 0.15) is 5.69 Å². The number of anilines is 1. The van der Waals surface area contributed by atoms with Crippen molar-refractivity contribution in [3.63, 3.8) is 0 Å². The van der Waals surface area contributed by atoms with Crippen molar-refractivity contribution < 1.29 is 9.59 Å². The maximum atomic E-state index is 12.0. The Bertz CT molecular complexity index is 669. The molecule has 0 fully saturated rings. The van der Waals surface area contributed by atoms with E-state index in [0.717, 1.165) is 22.0 Å². The third-order valence-corrected chi connectivity index (χ3v) is 3.79. The summed E-state index contributed by atoms with van der Waals surface area (Å²) in [6, 6.07) is 1.67. The number of carbonyl (C=O) groups excluding carboxylic acids is 2. The van der Waals surface area contributed by atoms with Gasteiger partial charge in [0.2, 0.25) is 5.91 Å². The smallest absolute Gasteiger partial charge is 0.269 e. The number of aromatic nitrogens is 3. The molecule has 0 aliphatic carbocycles. The van der Waals surface area contributed by atoms with Crippen LogP contribution < -0.4 is 10.6 Å². The highest BCUT2D eigenvalue weighted by molar-refractivity contribution is 7.06. The Morgan fingerprint density at radius 2 is 2.05 bits per heavy atom. The zero-order chi connectivity index (χ0) is 15.6. The molecule has 0 saturated heterocycles. The minimum Gasteiger partial charge on any atom is -0.342 e. The molecule has 0 spiro atoms. The number of carbonyl (C=O) groups is 2. The summed E-state index contributed by atoms with van der Waals surface area (Å²) in [6.45, 7) is 5.42. The molecule has 0 radical (unpaired) electrons. The van der Waals surface area contributed by atoms with Crippen LogP contribution in [-0.2, 0) is 11.8 Å². The summed E-state index contributed by atoms with van der Waals surface area (Å²) in [6.07, 6.45) is 0. The molecule has 0 bridgehead atoms. The monoisotopic (exact) mass is 307 g/mol. The molecule has 2 rings (SSSR count). The molecule has 2 heterocycles. The predicted molar refractivity (Wildman–Crippen MR) is 80.5 cm³/mol. The van der Waals surface area contributed by atoms with E-state index < -0.39 is 0 Å². The molecule has 112 valence electrons. The van der Waals surface area contributed by atoms with E-state index in [0.29, 0.717) is 5.69 Å². The molecule has 0 saturated carbocycles. The van der Waals surface area contributed by atoms with Crippen LogP contribution in [0.5, 0.6) is 0 Å². The van der Waals surface area contributed by atoms with Crippen molar-refractivity contribution in [2.45, 2.75) is 20.8 Å². The van der Waals surface area contributed by atoms with Gasteiger partial charge >= 0.3 is 0 Å². The number of nitrogens with one attached hydrogen (secondary N) is 2. The summed E-state index contributed by atoms with van der Waals surface area (Å²) < 4.78 is 5.64. The average Bonchev–Trinajstić information content (AvgIpc) is 2.92. The van der Waals surface area contributed by atoms with Crippen LogP contribution >= 0.6 is 11.5 Å². The number of nitrogens with zero attached hydrogens (tertiary/aromatic N) is 3. The summed E-state index contributed by atoms with van der Waals surface area (Å²) in [5, 5.41) is 9.42. The minimum atomic E-state index is -0.329. The quantitative estimate of drug-likeness (QED) is 0.887. The summed E-state index contributed by atoms with van der Waals surface area (Å²) in [4.78, 5) is 24.8. The maximum Gasteiger partial charge on any atom is 0.269 e. The van der Waals surface area contributed by atoms with Crippen molar-refractivity contribution in [1.82, 2.24) is 19.5 Å². The van der Waals surface area contributed by atoms with E-state index in [1.165, 1.54) is 16.2 Å². The fourth-order valence-electron chi connectivity index (χ4n) is 1.92. The van der Waals surface area contributed by atoms with Gasteiger partial charge in [-0.3, -0.25) is 14.3 Å². The van der Waals surface area contributed by atoms with Gasteiger partial charge in [-0.05, 0) is 38.4 Å². The van der Waals surface area contributed by atoms with Crippen molar-refractivity contribution in [3.05, 3.63) is 28.0 Å². The van der Waals surface area contributed by atoms with Crippen molar-refractivity contribution >= 4 is 29.0 Å². The Hall–Kier alpha value is -2.22. The van der Waals surface area contributed by atoms with E-state index in [-0.39, 0.29) is 18.4 Å². The normalized spacial score (nSPS) is 10.5. The van der Waals surface area contributed by atoms with Crippen LogP contribution in [0.4, 0.5) is 5.69 Å². The van der Waals surface area contributed by atoms with Gasteiger partial charge in [-0.2, -0.15) is 9.47 Å². The minimum absolute atomic E-state index is 0.0994. The summed E-state index contributed by atoms with van der Waals surface area (Å²) in [5.74, 6) is -0.612. The topological polar surface area (TPSA) is 88.9 Å². The van der Waals surface area contributed by atoms with E-state index in [1.807, 2.05) is 13.8 Å². The average molecular weight is 307 g/mol. The van der Waals surface area contributed by atoms with E-state index in [2.05, 4.69) is 20.1 Å². The number of aryl methyl sites for hydroxylation is 4. The highest BCUT2D eigenvalue weighted by atomic mass is 32.1. The van der Waals surface area contributed by atoms with Gasteiger partial charge in [-0.1, -0.05) is 0 Å². The second-order valence-corrected chi connectivity index (χ2v) is 5.70. The van der Waals surface area contributed by atoms with E-state index in [9.17, 15) is 9.59 Å². The molecule has 2 amide bonds. The molecular weight excluding hydrogens is 290 g/mol. The molecule has 0 aliphatic heterocycles. The summed E-state index contributed by atoms with van der Waals surface area (Å²) in [7, 11) is 1.69. The van der Waals surface area contributed by atoms with Crippen LogP contribution in [0, 0.1) is 20.8 Å². The van der Waals surface area contributed by atoms with Crippen molar-refractivity contribution in [2.24, 2.45) is 7.05 Å². The van der Waals surface area contributed by atoms with E-state index in [1.54, 1.807) is 20.0 Å². The first-order valence-corrected chi connectivity index (χ1v) is 7.17. The lowest BCUT2D eigenvalue weighted by Crippen LogP contribution is -2.34. The van der Waals surface area contributed by atoms with Crippen LogP contribution in [0.25, 0.3) is 0 Å². The summed E-state index contributed by atoms with van der Waals surface area (Å²) in [5.41, 5.74) is 2.67. The largest absolute Gasteiger partial charge is 0.342 e. The van der Waals surface area contributed by atoms with Gasteiger partial charge < -0.3 is 10.6 Å². The molecule has 2 N–H and O–H groups in total. The number of rotatable bonds is 4. The van der Waals surface area contributed by atoms with Gasteiger partial charge in [0.05, 0.1) is 23.6 Å². The Kier molecular flexibility index (Phi) is 4.37. The van der Waals surface area contributed by atoms with Crippen molar-refractivity contribution in [3.8, 4) is 0 Å². The highest BCUT2D eigenvalue weighted by Crippen LogP contribution is 2.22. The molecule has 2 aromatic heterocycles. The predicted octanol–water partition coefficient (Wildman–Crippen LogP) is 1.17. The molecule has 0 atom stereocenters. The Morgan fingerprint density at radius 1 is 1.33 bits per heavy atom. The number of amides is 2. The Balaban J connectivity index is 1.93. The van der Waals surface area contributed by atoms with Gasteiger partial charge in [0.15, 0.2) is 0 Å². The third-order valence-electron chi connectivity index (χ3n) is 2.94. The second kappa shape index (κ2) is 6.04. The first-order valence-electron chi connectivity index (χ1n) is 6.40. The molecule has 2 aromatic rings. The summed E-state index contributed by atoms with van der Waals surface area (Å²) >= 11 is 1.34. The third kappa shape index (κ3) is 3.46. The molecule has 0 unspecified atom stereocenters. The van der Waals surface area contributed by atoms with Crippen LogP contribution in [0.15, 0.2) is 6.07 Å². The van der Waals surface area contributed by atoms with Crippen LogP contribution in [0.3, 0.4) is 0 Å². The van der Waals surface area contributed by atoms with Gasteiger partial charge in [0.25, 0.3) is 5.91 Å². The standard InChI is InChI=1S/C13H17N5O2S/c1-7-5-10(18(4)16-7)13(20)14-6-11(19)15-12-8(2)17-21-9(12)3/h5H,6H2,1-4H3,(H,14,20)(H,15,19). The molecular formula is C13H17N5O2S. The number of hydrogen-bond acceptors (Lipinski definition) is 5. The Labute approximate surface area is 126 Å². The van der Waals surface area contributed by atoms with Crippen LogP contribution in [0.1, 0.15) is 26.8 Å². The lowest BCUT2D eigenvalue weighted by atomic mass is 10.3. The van der Waals surface area contributed by atoms with E-state index >= 15 is 0 Å². The van der Waals surface area contributed by atoms with Crippen LogP contribution in [-0.4, -0.2) is 32.5 Å². The Morgan fingerprint density at radius 3 is 2.57 bits per heavy atom. The zero-order valence-electron chi connectivity index (χ0n) is 12.4. The second-order valence-electron chi connectivity index (χ2n) is 4.72. The fourth-order valence-corrected chi connectivity index (χ4v) is 2.57. The van der Waals surface area contributed by atoms with Gasteiger partial charge in [-0.15, -0.1) is 0 Å². The lowest BCUT2D eigenvalue weighted by Gasteiger charge is -2.07. The van der Waals surface area contributed by atoms with Gasteiger partial charge in [-0.25, -0.2) is 0 Å². The molecule has 21 heavy (non-hydrogen) atoms. The molecule has 8 heteroatoms.